The lowest BCUT2D eigenvalue weighted by molar-refractivity contribution is 0.794. The smallest absolute Gasteiger partial charge is 0.180 e. The zero-order valence-electron chi connectivity index (χ0n) is 12.0. The molecule has 0 saturated carbocycles. The number of hydrogen-bond acceptors (Lipinski definition) is 6. The normalized spacial score (nSPS) is 12.5. The predicted octanol–water partition coefficient (Wildman–Crippen LogP) is 2.43. The fraction of sp³-hybridized carbons (Fsp3) is 0.286. The van der Waals surface area contributed by atoms with Gasteiger partial charge in [-0.25, -0.2) is 15.8 Å². The molecular weight excluding hydrogens is 284 g/mol. The van der Waals surface area contributed by atoms with Crippen molar-refractivity contribution < 1.29 is 0 Å². The third-order valence-electron chi connectivity index (χ3n) is 3.21. The van der Waals surface area contributed by atoms with E-state index < -0.39 is 0 Å². The molecule has 0 radical (unpaired) electrons. The maximum Gasteiger partial charge on any atom is 0.180 e. The molecule has 21 heavy (non-hydrogen) atoms. The second-order valence-corrected chi connectivity index (χ2v) is 6.41. The van der Waals surface area contributed by atoms with Crippen molar-refractivity contribution in [2.75, 3.05) is 10.7 Å². The molecule has 0 saturated heterocycles. The van der Waals surface area contributed by atoms with E-state index in [4.69, 9.17) is 5.84 Å². The van der Waals surface area contributed by atoms with E-state index in [0.717, 1.165) is 17.9 Å². The molecule has 0 amide bonds. The minimum atomic E-state index is 0.254. The van der Waals surface area contributed by atoms with Crippen LogP contribution in [0.3, 0.4) is 0 Å². The third-order valence-corrected chi connectivity index (χ3v) is 4.23. The van der Waals surface area contributed by atoms with Crippen LogP contribution in [0.2, 0.25) is 0 Å². The number of hydrazine groups is 1. The zero-order chi connectivity index (χ0) is 14.8. The molecule has 0 aliphatic carbocycles. The first-order valence-corrected chi connectivity index (χ1v) is 7.59. The van der Waals surface area contributed by atoms with Gasteiger partial charge < -0.3 is 15.1 Å². The standard InChI is InChI=1S/C14H18N6S/c1-9(7-11-4-3-10(2)21-11)17-13-14-16-5-6-20(14)8-12(18-13)19-15/h3-6,8-9,19H,7,15H2,1-2H3,(H,17,18). The molecule has 0 spiro atoms. The van der Waals surface area contributed by atoms with E-state index in [9.17, 15) is 0 Å². The Morgan fingerprint density at radius 3 is 3.00 bits per heavy atom. The lowest BCUT2D eigenvalue weighted by atomic mass is 10.2. The summed E-state index contributed by atoms with van der Waals surface area (Å²) in [6.07, 6.45) is 6.38. The van der Waals surface area contributed by atoms with Crippen molar-refractivity contribution in [1.29, 1.82) is 0 Å². The summed E-state index contributed by atoms with van der Waals surface area (Å²) in [6, 6.07) is 4.58. The number of aromatic nitrogens is 3. The average molecular weight is 302 g/mol. The lowest BCUT2D eigenvalue weighted by Gasteiger charge is -2.15. The minimum Gasteiger partial charge on any atom is -0.364 e. The van der Waals surface area contributed by atoms with Crippen LogP contribution >= 0.6 is 11.3 Å². The van der Waals surface area contributed by atoms with E-state index in [1.807, 2.05) is 21.9 Å². The summed E-state index contributed by atoms with van der Waals surface area (Å²) in [4.78, 5) is 11.5. The molecule has 6 nitrogen and oxygen atoms in total. The van der Waals surface area contributed by atoms with Gasteiger partial charge in [0.1, 0.15) is 0 Å². The molecule has 3 aromatic heterocycles. The van der Waals surface area contributed by atoms with Gasteiger partial charge in [-0.2, -0.15) is 0 Å². The highest BCUT2D eigenvalue weighted by Crippen LogP contribution is 2.20. The zero-order valence-corrected chi connectivity index (χ0v) is 12.8. The largest absolute Gasteiger partial charge is 0.364 e. The van der Waals surface area contributed by atoms with Crippen molar-refractivity contribution >= 4 is 28.6 Å². The first kappa shape index (κ1) is 13.8. The molecule has 3 heterocycles. The molecule has 110 valence electrons. The molecule has 1 atom stereocenters. The van der Waals surface area contributed by atoms with Gasteiger partial charge in [0.25, 0.3) is 0 Å². The van der Waals surface area contributed by atoms with E-state index in [1.165, 1.54) is 9.75 Å². The number of nitrogen functional groups attached to an aromatic ring is 1. The molecule has 0 aliphatic heterocycles. The number of thiophene rings is 1. The van der Waals surface area contributed by atoms with Gasteiger partial charge in [0.05, 0.1) is 6.20 Å². The molecule has 0 aromatic carbocycles. The van der Waals surface area contributed by atoms with E-state index in [0.29, 0.717) is 5.82 Å². The monoisotopic (exact) mass is 302 g/mol. The predicted molar refractivity (Wildman–Crippen MR) is 86.6 cm³/mol. The number of nitrogens with two attached hydrogens (primary N) is 1. The number of nitrogens with one attached hydrogen (secondary N) is 2. The van der Waals surface area contributed by atoms with Crippen LogP contribution in [0.25, 0.3) is 5.65 Å². The third kappa shape index (κ3) is 2.98. The second-order valence-electron chi connectivity index (χ2n) is 5.04. The van der Waals surface area contributed by atoms with Crippen LogP contribution in [0.1, 0.15) is 16.7 Å². The van der Waals surface area contributed by atoms with Gasteiger partial charge in [-0.1, -0.05) is 0 Å². The quantitative estimate of drug-likeness (QED) is 0.498. The van der Waals surface area contributed by atoms with E-state index in [2.05, 4.69) is 46.7 Å². The summed E-state index contributed by atoms with van der Waals surface area (Å²) in [5.41, 5.74) is 3.37. The molecule has 0 aliphatic rings. The Labute approximate surface area is 127 Å². The van der Waals surface area contributed by atoms with Gasteiger partial charge in [0, 0.05) is 34.6 Å². The SMILES string of the molecule is Cc1ccc(CC(C)Nc2nc(NN)cn3ccnc23)s1. The Bertz CT molecular complexity index is 747. The van der Waals surface area contributed by atoms with Gasteiger partial charge in [0.2, 0.25) is 0 Å². The summed E-state index contributed by atoms with van der Waals surface area (Å²) in [5.74, 6) is 6.80. The van der Waals surface area contributed by atoms with E-state index in [-0.39, 0.29) is 6.04 Å². The molecule has 4 N–H and O–H groups in total. The molecule has 0 fully saturated rings. The van der Waals surface area contributed by atoms with Crippen molar-refractivity contribution in [3.8, 4) is 0 Å². The topological polar surface area (TPSA) is 80.3 Å². The fourth-order valence-corrected chi connectivity index (χ4v) is 3.30. The molecule has 3 aromatic rings. The van der Waals surface area contributed by atoms with Crippen molar-refractivity contribution in [2.45, 2.75) is 26.3 Å². The maximum absolute atomic E-state index is 5.46. The van der Waals surface area contributed by atoms with Gasteiger partial charge in [0.15, 0.2) is 17.3 Å². The van der Waals surface area contributed by atoms with E-state index >= 15 is 0 Å². The number of hydrogen-bond donors (Lipinski definition) is 3. The molecular formula is C14H18N6S. The Morgan fingerprint density at radius 2 is 2.29 bits per heavy atom. The van der Waals surface area contributed by atoms with Crippen molar-refractivity contribution in [2.24, 2.45) is 5.84 Å². The van der Waals surface area contributed by atoms with E-state index in [1.54, 1.807) is 12.4 Å². The van der Waals surface area contributed by atoms with Gasteiger partial charge in [-0.05, 0) is 26.0 Å². The molecule has 0 bridgehead atoms. The highest BCUT2D eigenvalue weighted by atomic mass is 32.1. The molecule has 7 heteroatoms. The Morgan fingerprint density at radius 1 is 1.43 bits per heavy atom. The van der Waals surface area contributed by atoms with Crippen LogP contribution in [0.15, 0.2) is 30.7 Å². The average Bonchev–Trinajstić information content (AvgIpc) is 3.07. The number of imidazole rings is 1. The van der Waals surface area contributed by atoms with Crippen LogP contribution in [-0.4, -0.2) is 20.4 Å². The Kier molecular flexibility index (Phi) is 3.76. The van der Waals surface area contributed by atoms with Crippen LogP contribution in [0.5, 0.6) is 0 Å². The minimum absolute atomic E-state index is 0.254. The number of aryl methyl sites for hydroxylation is 1. The molecule has 1 unspecified atom stereocenters. The number of anilines is 2. The Hall–Kier alpha value is -2.12. The van der Waals surface area contributed by atoms with Gasteiger partial charge >= 0.3 is 0 Å². The summed E-state index contributed by atoms with van der Waals surface area (Å²) in [7, 11) is 0. The summed E-state index contributed by atoms with van der Waals surface area (Å²) in [6.45, 7) is 4.26. The number of fused-ring (bicyclic) bond motifs is 1. The maximum atomic E-state index is 5.46. The first-order chi connectivity index (χ1) is 10.2. The van der Waals surface area contributed by atoms with Crippen molar-refractivity contribution in [3.05, 3.63) is 40.5 Å². The van der Waals surface area contributed by atoms with Crippen LogP contribution in [0.4, 0.5) is 11.6 Å². The fourth-order valence-electron chi connectivity index (χ4n) is 2.28. The lowest BCUT2D eigenvalue weighted by Crippen LogP contribution is -2.20. The van der Waals surface area contributed by atoms with Crippen molar-refractivity contribution in [1.82, 2.24) is 14.4 Å². The van der Waals surface area contributed by atoms with Crippen molar-refractivity contribution in [3.63, 3.8) is 0 Å². The first-order valence-electron chi connectivity index (χ1n) is 6.78. The van der Waals surface area contributed by atoms with Crippen LogP contribution < -0.4 is 16.6 Å². The number of rotatable bonds is 5. The van der Waals surface area contributed by atoms with Gasteiger partial charge in [-0.3, -0.25) is 0 Å². The highest BCUT2D eigenvalue weighted by molar-refractivity contribution is 7.11. The van der Waals surface area contributed by atoms with Crippen LogP contribution in [-0.2, 0) is 6.42 Å². The second kappa shape index (κ2) is 5.71. The van der Waals surface area contributed by atoms with Crippen LogP contribution in [0, 0.1) is 6.92 Å². The molecule has 3 rings (SSSR count). The summed E-state index contributed by atoms with van der Waals surface area (Å²) in [5, 5.41) is 3.42. The summed E-state index contributed by atoms with van der Waals surface area (Å²) >= 11 is 1.83. The summed E-state index contributed by atoms with van der Waals surface area (Å²) < 4.78 is 1.90. The van der Waals surface area contributed by atoms with Gasteiger partial charge in [-0.15, -0.1) is 11.3 Å². The number of nitrogens with zero attached hydrogens (tertiary/aromatic N) is 3. The highest BCUT2D eigenvalue weighted by Gasteiger charge is 2.11. The Balaban J connectivity index is 1.81.